The van der Waals surface area contributed by atoms with Gasteiger partial charge in [-0.05, 0) is 30.7 Å². The van der Waals surface area contributed by atoms with Gasteiger partial charge in [-0.1, -0.05) is 5.11 Å². The zero-order valence-electron chi connectivity index (χ0n) is 9.87. The van der Waals surface area contributed by atoms with Crippen molar-refractivity contribution in [1.29, 1.82) is 0 Å². The number of anilines is 1. The van der Waals surface area contributed by atoms with E-state index in [1.165, 1.54) is 17.0 Å². The number of azide groups is 1. The molecule has 2 aliphatic rings. The number of nitrogens with zero attached hydrogens (tertiary/aromatic N) is 5. The van der Waals surface area contributed by atoms with Crippen LogP contribution >= 0.6 is 11.3 Å². The fraction of sp³-hybridized carbons (Fsp3) is 0.636. The summed E-state index contributed by atoms with van der Waals surface area (Å²) in [6.07, 6.45) is 3.78. The van der Waals surface area contributed by atoms with Crippen LogP contribution in [0.4, 0.5) is 5.13 Å². The lowest BCUT2D eigenvalue weighted by atomic mass is 10.1. The molecule has 3 rings (SSSR count). The summed E-state index contributed by atoms with van der Waals surface area (Å²) in [6.45, 7) is 1.02. The Morgan fingerprint density at radius 3 is 3.22 bits per heavy atom. The number of amides is 1. The lowest BCUT2D eigenvalue weighted by Gasteiger charge is -2.12. The van der Waals surface area contributed by atoms with E-state index in [4.69, 9.17) is 5.53 Å². The average Bonchev–Trinajstić information content (AvgIpc) is 2.99. The van der Waals surface area contributed by atoms with Crippen molar-refractivity contribution in [3.05, 3.63) is 21.0 Å². The highest BCUT2D eigenvalue weighted by atomic mass is 32.1. The Morgan fingerprint density at radius 2 is 2.44 bits per heavy atom. The zero-order valence-corrected chi connectivity index (χ0v) is 10.7. The number of aryl methyl sites for hydroxylation is 2. The maximum atomic E-state index is 11.9. The van der Waals surface area contributed by atoms with Gasteiger partial charge in [-0.15, -0.1) is 11.3 Å². The molecule has 94 valence electrons. The van der Waals surface area contributed by atoms with Gasteiger partial charge in [0.15, 0.2) is 5.13 Å². The van der Waals surface area contributed by atoms with Gasteiger partial charge < -0.3 is 0 Å². The third-order valence-electron chi connectivity index (χ3n) is 3.42. The Bertz CT molecular complexity index is 512. The van der Waals surface area contributed by atoms with Crippen LogP contribution in [-0.4, -0.2) is 24.0 Å². The summed E-state index contributed by atoms with van der Waals surface area (Å²) in [6, 6.07) is 0. The van der Waals surface area contributed by atoms with E-state index in [1.807, 2.05) is 0 Å². The SMILES string of the molecule is [N-]=[N+]=NCC1CC(=O)N(c2nc3c(s2)CCC3)C1. The molecule has 7 heteroatoms. The first kappa shape index (κ1) is 11.5. The number of thiazole rings is 1. The normalized spacial score (nSPS) is 22.1. The average molecular weight is 263 g/mol. The maximum absolute atomic E-state index is 11.9. The predicted molar refractivity (Wildman–Crippen MR) is 68.6 cm³/mol. The van der Waals surface area contributed by atoms with Crippen molar-refractivity contribution in [3.8, 4) is 0 Å². The number of aromatic nitrogens is 1. The molecule has 1 aromatic rings. The Kier molecular flexibility index (Phi) is 2.93. The fourth-order valence-corrected chi connectivity index (χ4v) is 3.71. The molecule has 0 bridgehead atoms. The van der Waals surface area contributed by atoms with Gasteiger partial charge in [0.25, 0.3) is 0 Å². The van der Waals surface area contributed by atoms with E-state index in [9.17, 15) is 4.79 Å². The molecule has 1 aliphatic carbocycles. The van der Waals surface area contributed by atoms with Gasteiger partial charge in [0.1, 0.15) is 0 Å². The van der Waals surface area contributed by atoms with Gasteiger partial charge in [0.05, 0.1) is 5.69 Å². The van der Waals surface area contributed by atoms with Crippen molar-refractivity contribution in [2.75, 3.05) is 18.0 Å². The quantitative estimate of drug-likeness (QED) is 0.476. The van der Waals surface area contributed by atoms with Gasteiger partial charge in [-0.25, -0.2) is 4.98 Å². The first-order valence-electron chi connectivity index (χ1n) is 6.07. The molecular weight excluding hydrogens is 250 g/mol. The Labute approximate surface area is 108 Å². The minimum Gasteiger partial charge on any atom is -0.288 e. The summed E-state index contributed by atoms with van der Waals surface area (Å²) in [5.41, 5.74) is 9.47. The summed E-state index contributed by atoms with van der Waals surface area (Å²) < 4.78 is 0. The monoisotopic (exact) mass is 263 g/mol. The van der Waals surface area contributed by atoms with Crippen LogP contribution < -0.4 is 4.90 Å². The van der Waals surface area contributed by atoms with E-state index in [0.29, 0.717) is 19.5 Å². The van der Waals surface area contributed by atoms with E-state index in [-0.39, 0.29) is 11.8 Å². The van der Waals surface area contributed by atoms with E-state index in [0.717, 1.165) is 18.0 Å². The number of hydrogen-bond acceptors (Lipinski definition) is 4. The van der Waals surface area contributed by atoms with E-state index in [1.54, 1.807) is 16.2 Å². The van der Waals surface area contributed by atoms with Crippen molar-refractivity contribution < 1.29 is 4.79 Å². The molecule has 1 unspecified atom stereocenters. The third kappa shape index (κ3) is 1.95. The second kappa shape index (κ2) is 4.59. The van der Waals surface area contributed by atoms with E-state index in [2.05, 4.69) is 15.0 Å². The third-order valence-corrected chi connectivity index (χ3v) is 4.60. The molecule has 1 saturated heterocycles. The Hall–Kier alpha value is -1.59. The molecule has 1 aromatic heterocycles. The highest BCUT2D eigenvalue weighted by molar-refractivity contribution is 7.16. The number of rotatable bonds is 3. The molecular formula is C11H13N5OS. The smallest absolute Gasteiger partial charge is 0.229 e. The van der Waals surface area contributed by atoms with Gasteiger partial charge in [0.2, 0.25) is 5.91 Å². The first-order valence-corrected chi connectivity index (χ1v) is 6.89. The number of fused-ring (bicyclic) bond motifs is 1. The van der Waals surface area contributed by atoms with Crippen molar-refractivity contribution >= 4 is 22.4 Å². The zero-order chi connectivity index (χ0) is 12.5. The molecule has 0 saturated carbocycles. The number of carbonyl (C=O) groups is 1. The van der Waals surface area contributed by atoms with Crippen molar-refractivity contribution in [2.45, 2.75) is 25.7 Å². The summed E-state index contributed by atoms with van der Waals surface area (Å²) in [5.74, 6) is 0.229. The summed E-state index contributed by atoms with van der Waals surface area (Å²) in [7, 11) is 0. The fourth-order valence-electron chi connectivity index (χ4n) is 2.53. The largest absolute Gasteiger partial charge is 0.288 e. The number of carbonyl (C=O) groups excluding carboxylic acids is 1. The van der Waals surface area contributed by atoms with Crippen LogP contribution in [0.15, 0.2) is 5.11 Å². The lowest BCUT2D eigenvalue weighted by Crippen LogP contribution is -2.24. The molecule has 18 heavy (non-hydrogen) atoms. The van der Waals surface area contributed by atoms with E-state index >= 15 is 0 Å². The highest BCUT2D eigenvalue weighted by Gasteiger charge is 2.33. The highest BCUT2D eigenvalue weighted by Crippen LogP contribution is 2.35. The van der Waals surface area contributed by atoms with Crippen LogP contribution in [0, 0.1) is 5.92 Å². The summed E-state index contributed by atoms with van der Waals surface area (Å²) >= 11 is 1.64. The Balaban J connectivity index is 1.75. The van der Waals surface area contributed by atoms with Crippen molar-refractivity contribution in [1.82, 2.24) is 4.98 Å². The molecule has 1 fully saturated rings. The van der Waals surface area contributed by atoms with Crippen molar-refractivity contribution in [2.24, 2.45) is 11.0 Å². The molecule has 2 heterocycles. The minimum absolute atomic E-state index is 0.0977. The van der Waals surface area contributed by atoms with Crippen LogP contribution in [0.2, 0.25) is 0 Å². The molecule has 0 spiro atoms. The maximum Gasteiger partial charge on any atom is 0.229 e. The Morgan fingerprint density at radius 1 is 1.56 bits per heavy atom. The van der Waals surface area contributed by atoms with Crippen LogP contribution in [0.5, 0.6) is 0 Å². The molecule has 6 nitrogen and oxygen atoms in total. The van der Waals surface area contributed by atoms with Gasteiger partial charge >= 0.3 is 0 Å². The first-order chi connectivity index (χ1) is 8.78. The second-order valence-corrected chi connectivity index (χ2v) is 5.77. The minimum atomic E-state index is 0.0977. The van der Waals surface area contributed by atoms with Crippen molar-refractivity contribution in [3.63, 3.8) is 0 Å². The number of hydrogen-bond donors (Lipinski definition) is 0. The summed E-state index contributed by atoms with van der Waals surface area (Å²) in [5, 5.41) is 4.38. The van der Waals surface area contributed by atoms with E-state index < -0.39 is 0 Å². The molecule has 0 N–H and O–H groups in total. The standard InChI is InChI=1S/C11H13N5OS/c12-15-13-5-7-4-10(17)16(6-7)11-14-8-2-1-3-9(8)18-11/h7H,1-6H2. The van der Waals surface area contributed by atoms with Crippen LogP contribution in [0.1, 0.15) is 23.4 Å². The van der Waals surface area contributed by atoms with Gasteiger partial charge in [-0.2, -0.15) is 0 Å². The molecule has 1 amide bonds. The van der Waals surface area contributed by atoms with Crippen LogP contribution in [0.25, 0.3) is 10.4 Å². The predicted octanol–water partition coefficient (Wildman–Crippen LogP) is 2.29. The lowest BCUT2D eigenvalue weighted by molar-refractivity contribution is -0.117. The topological polar surface area (TPSA) is 82.0 Å². The molecule has 1 atom stereocenters. The van der Waals surface area contributed by atoms with Gasteiger partial charge in [0, 0.05) is 29.3 Å². The molecule has 0 radical (unpaired) electrons. The summed E-state index contributed by atoms with van der Waals surface area (Å²) in [4.78, 5) is 22.3. The second-order valence-electron chi connectivity index (χ2n) is 4.71. The molecule has 1 aliphatic heterocycles. The van der Waals surface area contributed by atoms with Gasteiger partial charge in [-0.3, -0.25) is 9.69 Å². The van der Waals surface area contributed by atoms with Crippen LogP contribution in [-0.2, 0) is 17.6 Å². The van der Waals surface area contributed by atoms with Crippen LogP contribution in [0.3, 0.4) is 0 Å². The molecule has 0 aromatic carbocycles.